The molecule has 0 unspecified atom stereocenters. The van der Waals surface area contributed by atoms with Gasteiger partial charge in [0.25, 0.3) is 0 Å². The number of primary amides is 1. The molecule has 0 atom stereocenters. The lowest BCUT2D eigenvalue weighted by molar-refractivity contribution is -0.114. The van der Waals surface area contributed by atoms with Crippen LogP contribution in [-0.4, -0.2) is 17.6 Å². The maximum absolute atomic E-state index is 11.2. The van der Waals surface area contributed by atoms with Gasteiger partial charge >= 0.3 is 0 Å². The molecule has 0 radical (unpaired) electrons. The topological polar surface area (TPSA) is 72.2 Å². The summed E-state index contributed by atoms with van der Waals surface area (Å²) in [6, 6.07) is 5.11. The second-order valence-electron chi connectivity index (χ2n) is 3.39. The molecule has 1 rings (SSSR count). The van der Waals surface area contributed by atoms with E-state index in [4.69, 9.17) is 5.73 Å². The van der Waals surface area contributed by atoms with E-state index in [1.54, 1.807) is 18.2 Å². The molecule has 0 heterocycles. The van der Waals surface area contributed by atoms with E-state index in [2.05, 4.69) is 17.9 Å². The van der Waals surface area contributed by atoms with Gasteiger partial charge in [0, 0.05) is 18.2 Å². The average Bonchev–Trinajstić information content (AvgIpc) is 2.19. The van der Waals surface area contributed by atoms with Crippen molar-refractivity contribution >= 4 is 30.1 Å². The monoisotopic (exact) mass is 238 g/mol. The van der Waals surface area contributed by atoms with Crippen molar-refractivity contribution in [2.75, 3.05) is 11.1 Å². The van der Waals surface area contributed by atoms with Crippen LogP contribution in [0.2, 0.25) is 0 Å². The Morgan fingerprint density at radius 2 is 2.12 bits per heavy atom. The molecule has 0 fully saturated rings. The van der Waals surface area contributed by atoms with Crippen LogP contribution in [0.4, 0.5) is 5.69 Å². The average molecular weight is 238 g/mol. The first-order valence-electron chi connectivity index (χ1n) is 4.85. The van der Waals surface area contributed by atoms with Crippen LogP contribution in [0.3, 0.4) is 0 Å². The minimum absolute atomic E-state index is 0.183. The molecule has 1 aromatic carbocycles. The molecule has 0 spiro atoms. The first kappa shape index (κ1) is 12.6. The second-order valence-corrected chi connectivity index (χ2v) is 3.84. The van der Waals surface area contributed by atoms with E-state index in [1.807, 2.05) is 0 Å². The number of hydrogen-bond acceptors (Lipinski definition) is 3. The van der Waals surface area contributed by atoms with Crippen molar-refractivity contribution < 1.29 is 9.59 Å². The largest absolute Gasteiger partial charge is 0.366 e. The molecule has 3 N–H and O–H groups in total. The third kappa shape index (κ3) is 3.27. The van der Waals surface area contributed by atoms with Crippen molar-refractivity contribution in [3.63, 3.8) is 0 Å². The number of aryl methyl sites for hydroxylation is 1. The Labute approximate surface area is 99.6 Å². The van der Waals surface area contributed by atoms with E-state index in [1.165, 1.54) is 6.92 Å². The smallest absolute Gasteiger partial charge is 0.249 e. The van der Waals surface area contributed by atoms with Gasteiger partial charge in [-0.2, -0.15) is 12.6 Å². The molecular weight excluding hydrogens is 224 g/mol. The summed E-state index contributed by atoms with van der Waals surface area (Å²) in [5.74, 6) is -0.0407. The van der Waals surface area contributed by atoms with Crippen LogP contribution in [0.1, 0.15) is 22.8 Å². The van der Waals surface area contributed by atoms with Gasteiger partial charge < -0.3 is 11.1 Å². The van der Waals surface area contributed by atoms with E-state index < -0.39 is 5.91 Å². The van der Waals surface area contributed by atoms with Crippen LogP contribution in [0.25, 0.3) is 0 Å². The third-order valence-electron chi connectivity index (χ3n) is 2.08. The molecule has 1 aromatic rings. The summed E-state index contributed by atoms with van der Waals surface area (Å²) in [5.41, 5.74) is 7.12. The third-order valence-corrected chi connectivity index (χ3v) is 2.30. The molecule has 0 aliphatic rings. The molecule has 16 heavy (non-hydrogen) atoms. The second kappa shape index (κ2) is 5.55. The summed E-state index contributed by atoms with van der Waals surface area (Å²) < 4.78 is 0. The van der Waals surface area contributed by atoms with Gasteiger partial charge in [-0.05, 0) is 29.9 Å². The van der Waals surface area contributed by atoms with Gasteiger partial charge in [-0.3, -0.25) is 9.59 Å². The van der Waals surface area contributed by atoms with E-state index in [0.717, 1.165) is 5.56 Å². The lowest BCUT2D eigenvalue weighted by Gasteiger charge is -2.08. The van der Waals surface area contributed by atoms with E-state index in [0.29, 0.717) is 23.4 Å². The standard InChI is InChI=1S/C11H14N2O2S/c1-7(14)13-9-3-2-8(4-5-16)10(6-9)11(12)15/h2-3,6,16H,4-5H2,1H3,(H2,12,15)(H,13,14). The van der Waals surface area contributed by atoms with Gasteiger partial charge in [-0.25, -0.2) is 0 Å². The Morgan fingerprint density at radius 1 is 1.44 bits per heavy atom. The number of carbonyl (C=O) groups is 2. The molecule has 0 aliphatic carbocycles. The zero-order valence-electron chi connectivity index (χ0n) is 8.99. The summed E-state index contributed by atoms with van der Waals surface area (Å²) in [6.07, 6.45) is 0.668. The van der Waals surface area contributed by atoms with Crippen LogP contribution in [-0.2, 0) is 11.2 Å². The molecule has 0 aromatic heterocycles. The predicted octanol–water partition coefficient (Wildman–Crippen LogP) is 1.22. The number of thiol groups is 1. The lowest BCUT2D eigenvalue weighted by atomic mass is 10.0. The highest BCUT2D eigenvalue weighted by molar-refractivity contribution is 7.80. The number of amides is 2. The molecular formula is C11H14N2O2S. The van der Waals surface area contributed by atoms with Gasteiger partial charge in [0.1, 0.15) is 0 Å². The highest BCUT2D eigenvalue weighted by Crippen LogP contribution is 2.16. The minimum atomic E-state index is -0.496. The highest BCUT2D eigenvalue weighted by Gasteiger charge is 2.09. The number of carbonyl (C=O) groups excluding carboxylic acids is 2. The summed E-state index contributed by atoms with van der Waals surface area (Å²) in [6.45, 7) is 1.41. The van der Waals surface area contributed by atoms with Crippen LogP contribution in [0, 0.1) is 0 Å². The fourth-order valence-corrected chi connectivity index (χ4v) is 1.67. The van der Waals surface area contributed by atoms with Gasteiger partial charge in [0.15, 0.2) is 0 Å². The molecule has 5 heteroatoms. The molecule has 86 valence electrons. The quantitative estimate of drug-likeness (QED) is 0.690. The number of hydrogen-bond donors (Lipinski definition) is 3. The van der Waals surface area contributed by atoms with Crippen molar-refractivity contribution in [2.24, 2.45) is 5.73 Å². The van der Waals surface area contributed by atoms with Crippen molar-refractivity contribution in [1.29, 1.82) is 0 Å². The van der Waals surface area contributed by atoms with Gasteiger partial charge in [0.05, 0.1) is 0 Å². The Morgan fingerprint density at radius 3 is 2.62 bits per heavy atom. The summed E-state index contributed by atoms with van der Waals surface area (Å²) in [7, 11) is 0. The molecule has 0 saturated carbocycles. The first-order chi connectivity index (χ1) is 7.54. The van der Waals surface area contributed by atoms with Crippen LogP contribution < -0.4 is 11.1 Å². The van der Waals surface area contributed by atoms with Gasteiger partial charge in [-0.15, -0.1) is 0 Å². The van der Waals surface area contributed by atoms with Crippen LogP contribution >= 0.6 is 12.6 Å². The van der Waals surface area contributed by atoms with Crippen molar-refractivity contribution in [3.05, 3.63) is 29.3 Å². The Balaban J connectivity index is 3.06. The van der Waals surface area contributed by atoms with E-state index >= 15 is 0 Å². The van der Waals surface area contributed by atoms with Crippen molar-refractivity contribution in [3.8, 4) is 0 Å². The van der Waals surface area contributed by atoms with E-state index in [9.17, 15) is 9.59 Å². The first-order valence-corrected chi connectivity index (χ1v) is 5.49. The molecule has 2 amide bonds. The van der Waals surface area contributed by atoms with Gasteiger partial charge in [-0.1, -0.05) is 6.07 Å². The lowest BCUT2D eigenvalue weighted by Crippen LogP contribution is -2.15. The number of benzene rings is 1. The van der Waals surface area contributed by atoms with E-state index in [-0.39, 0.29) is 5.91 Å². The number of nitrogens with one attached hydrogen (secondary N) is 1. The van der Waals surface area contributed by atoms with Crippen LogP contribution in [0.5, 0.6) is 0 Å². The highest BCUT2D eigenvalue weighted by atomic mass is 32.1. The van der Waals surface area contributed by atoms with Crippen molar-refractivity contribution in [1.82, 2.24) is 0 Å². The summed E-state index contributed by atoms with van der Waals surface area (Å²) >= 11 is 4.11. The minimum Gasteiger partial charge on any atom is -0.366 e. The zero-order chi connectivity index (χ0) is 12.1. The fourth-order valence-electron chi connectivity index (χ4n) is 1.43. The number of nitrogens with two attached hydrogens (primary N) is 1. The summed E-state index contributed by atoms with van der Waals surface area (Å²) in [4.78, 5) is 22.1. The fraction of sp³-hybridized carbons (Fsp3) is 0.273. The SMILES string of the molecule is CC(=O)Nc1ccc(CCS)c(C(N)=O)c1. The Hall–Kier alpha value is -1.49. The molecule has 0 saturated heterocycles. The summed E-state index contributed by atoms with van der Waals surface area (Å²) in [5, 5.41) is 2.60. The maximum Gasteiger partial charge on any atom is 0.249 e. The zero-order valence-corrected chi connectivity index (χ0v) is 9.88. The van der Waals surface area contributed by atoms with Crippen molar-refractivity contribution in [2.45, 2.75) is 13.3 Å². The molecule has 0 aliphatic heterocycles. The Kier molecular flexibility index (Phi) is 4.37. The normalized spacial score (nSPS) is 9.88. The van der Waals surface area contributed by atoms with Gasteiger partial charge in [0.2, 0.25) is 11.8 Å². The van der Waals surface area contributed by atoms with Crippen LogP contribution in [0.15, 0.2) is 18.2 Å². The number of rotatable bonds is 4. The predicted molar refractivity (Wildman–Crippen MR) is 66.8 cm³/mol. The number of anilines is 1. The maximum atomic E-state index is 11.2. The molecule has 0 bridgehead atoms. The molecule has 4 nitrogen and oxygen atoms in total. The Bertz CT molecular complexity index is 418.